The first kappa shape index (κ1) is 16.3. The summed E-state index contributed by atoms with van der Waals surface area (Å²) in [6.45, 7) is 9.88. The third-order valence-corrected chi connectivity index (χ3v) is 5.40. The molecule has 0 unspecified atom stereocenters. The van der Waals surface area contributed by atoms with Crippen LogP contribution in [0.3, 0.4) is 0 Å². The molecule has 19 heavy (non-hydrogen) atoms. The number of amides is 1. The van der Waals surface area contributed by atoms with Gasteiger partial charge in [0.1, 0.15) is 0 Å². The fourth-order valence-electron chi connectivity index (χ4n) is 2.05. The highest BCUT2D eigenvalue weighted by atomic mass is 32.2. The van der Waals surface area contributed by atoms with Gasteiger partial charge in [0.2, 0.25) is 5.91 Å². The predicted octanol–water partition coefficient (Wildman–Crippen LogP) is 2.26. The zero-order chi connectivity index (χ0) is 14.5. The van der Waals surface area contributed by atoms with Crippen molar-refractivity contribution in [3.63, 3.8) is 0 Å². The van der Waals surface area contributed by atoms with E-state index in [0.717, 1.165) is 17.5 Å². The summed E-state index contributed by atoms with van der Waals surface area (Å²) in [6.07, 6.45) is 2.36. The molecule has 0 aromatic carbocycles. The molecule has 1 aliphatic heterocycles. The van der Waals surface area contributed by atoms with Crippen LogP contribution in [-0.4, -0.2) is 37.0 Å². The Morgan fingerprint density at radius 1 is 1.42 bits per heavy atom. The summed E-state index contributed by atoms with van der Waals surface area (Å²) < 4.78 is 0. The molecular weight excluding hydrogens is 258 g/mol. The topological polar surface area (TPSA) is 53.5 Å². The van der Waals surface area contributed by atoms with Crippen molar-refractivity contribution in [2.75, 3.05) is 25.9 Å². The second-order valence-corrected chi connectivity index (χ2v) is 6.90. The third-order valence-electron chi connectivity index (χ3n) is 4.10. The van der Waals surface area contributed by atoms with Crippen molar-refractivity contribution in [3.05, 3.63) is 0 Å². The molecule has 0 radical (unpaired) electrons. The van der Waals surface area contributed by atoms with Crippen LogP contribution in [0.5, 0.6) is 0 Å². The van der Waals surface area contributed by atoms with Crippen molar-refractivity contribution < 1.29 is 4.79 Å². The molecule has 1 heterocycles. The van der Waals surface area contributed by atoms with E-state index in [1.807, 2.05) is 13.8 Å². The first-order valence-corrected chi connectivity index (χ1v) is 8.01. The van der Waals surface area contributed by atoms with Crippen LogP contribution in [-0.2, 0) is 4.79 Å². The number of hydrogen-bond donors (Lipinski definition) is 2. The Bertz CT molecular complexity index is 349. The van der Waals surface area contributed by atoms with Crippen LogP contribution in [0.15, 0.2) is 4.99 Å². The smallest absolute Gasteiger partial charge is 0.227 e. The van der Waals surface area contributed by atoms with Crippen LogP contribution in [0.4, 0.5) is 0 Å². The monoisotopic (exact) mass is 285 g/mol. The molecule has 4 nitrogen and oxygen atoms in total. The predicted molar refractivity (Wildman–Crippen MR) is 83.6 cm³/mol. The van der Waals surface area contributed by atoms with Crippen molar-refractivity contribution >= 4 is 22.8 Å². The molecule has 0 bridgehead atoms. The van der Waals surface area contributed by atoms with E-state index in [-0.39, 0.29) is 5.91 Å². The Hall–Kier alpha value is -0.710. The van der Waals surface area contributed by atoms with Gasteiger partial charge in [-0.3, -0.25) is 9.79 Å². The summed E-state index contributed by atoms with van der Waals surface area (Å²) in [4.78, 5) is 16.4. The lowest BCUT2D eigenvalue weighted by atomic mass is 9.84. The Morgan fingerprint density at radius 2 is 2.05 bits per heavy atom. The Balaban J connectivity index is 2.53. The van der Waals surface area contributed by atoms with Gasteiger partial charge in [-0.25, -0.2) is 0 Å². The largest absolute Gasteiger partial charge is 0.364 e. The molecule has 0 saturated heterocycles. The molecule has 2 N–H and O–H groups in total. The lowest BCUT2D eigenvalue weighted by Gasteiger charge is -2.34. The lowest BCUT2D eigenvalue weighted by Crippen LogP contribution is -2.44. The average molecular weight is 285 g/mol. The first-order valence-electron chi connectivity index (χ1n) is 7.02. The van der Waals surface area contributed by atoms with Crippen LogP contribution in [0, 0.1) is 10.8 Å². The average Bonchev–Trinajstić information content (AvgIpc) is 2.44. The Morgan fingerprint density at radius 3 is 2.47 bits per heavy atom. The Labute approximate surface area is 121 Å². The van der Waals surface area contributed by atoms with Crippen molar-refractivity contribution in [2.45, 2.75) is 40.5 Å². The summed E-state index contributed by atoms with van der Waals surface area (Å²) >= 11 is 1.79. The van der Waals surface area contributed by atoms with Gasteiger partial charge in [-0.05, 0) is 32.1 Å². The van der Waals surface area contributed by atoms with E-state index in [4.69, 9.17) is 0 Å². The normalized spacial score (nSPS) is 18.7. The zero-order valence-corrected chi connectivity index (χ0v) is 13.6. The summed E-state index contributed by atoms with van der Waals surface area (Å²) in [7, 11) is 1.67. The number of carbonyl (C=O) groups excluding carboxylic acids is 1. The summed E-state index contributed by atoms with van der Waals surface area (Å²) in [5.41, 5.74) is -0.0476. The highest BCUT2D eigenvalue weighted by molar-refractivity contribution is 8.13. The van der Waals surface area contributed by atoms with Gasteiger partial charge in [0, 0.05) is 25.9 Å². The van der Waals surface area contributed by atoms with Gasteiger partial charge >= 0.3 is 0 Å². The molecule has 0 fully saturated rings. The van der Waals surface area contributed by atoms with E-state index in [1.54, 1.807) is 18.8 Å². The van der Waals surface area contributed by atoms with E-state index in [0.29, 0.717) is 12.0 Å². The minimum absolute atomic E-state index is 0.0536. The number of rotatable bonds is 5. The highest BCUT2D eigenvalue weighted by Crippen LogP contribution is 2.34. The number of nitrogens with zero attached hydrogens (tertiary/aromatic N) is 1. The maximum Gasteiger partial charge on any atom is 0.227 e. The van der Waals surface area contributed by atoms with Crippen LogP contribution in [0.2, 0.25) is 0 Å². The second kappa shape index (κ2) is 6.64. The van der Waals surface area contributed by atoms with Gasteiger partial charge < -0.3 is 10.6 Å². The summed E-state index contributed by atoms with van der Waals surface area (Å²) in [5, 5.41) is 6.99. The van der Waals surface area contributed by atoms with Crippen molar-refractivity contribution in [1.82, 2.24) is 10.6 Å². The number of nitrogens with one attached hydrogen (secondary N) is 2. The molecule has 0 aliphatic carbocycles. The van der Waals surface area contributed by atoms with Gasteiger partial charge in [-0.1, -0.05) is 25.6 Å². The molecule has 1 amide bonds. The number of aliphatic imine (C=N–C) groups is 1. The van der Waals surface area contributed by atoms with Crippen LogP contribution >= 0.6 is 11.8 Å². The third kappa shape index (κ3) is 4.13. The van der Waals surface area contributed by atoms with Gasteiger partial charge in [-0.15, -0.1) is 0 Å². The van der Waals surface area contributed by atoms with E-state index < -0.39 is 5.41 Å². The maximum atomic E-state index is 11.7. The molecule has 0 aromatic rings. The van der Waals surface area contributed by atoms with E-state index >= 15 is 0 Å². The number of thioether (sulfide) groups is 1. The molecule has 0 aromatic heterocycles. The zero-order valence-electron chi connectivity index (χ0n) is 12.8. The van der Waals surface area contributed by atoms with Crippen molar-refractivity contribution in [1.29, 1.82) is 0 Å². The number of carbonyl (C=O) groups is 1. The van der Waals surface area contributed by atoms with E-state index in [1.165, 1.54) is 12.8 Å². The van der Waals surface area contributed by atoms with Crippen LogP contribution < -0.4 is 10.6 Å². The quantitative estimate of drug-likeness (QED) is 0.814. The van der Waals surface area contributed by atoms with Gasteiger partial charge in [0.25, 0.3) is 0 Å². The minimum Gasteiger partial charge on any atom is -0.364 e. The van der Waals surface area contributed by atoms with E-state index in [9.17, 15) is 4.79 Å². The maximum absolute atomic E-state index is 11.7. The molecule has 110 valence electrons. The molecule has 1 rings (SSSR count). The van der Waals surface area contributed by atoms with Gasteiger partial charge in [0.05, 0.1) is 5.41 Å². The lowest BCUT2D eigenvalue weighted by molar-refractivity contribution is -0.128. The molecule has 0 spiro atoms. The molecular formula is C14H27N3OS. The number of hydrogen-bond acceptors (Lipinski definition) is 4. The summed E-state index contributed by atoms with van der Waals surface area (Å²) in [6, 6.07) is 0. The van der Waals surface area contributed by atoms with Crippen LogP contribution in [0.1, 0.15) is 40.5 Å². The van der Waals surface area contributed by atoms with E-state index in [2.05, 4.69) is 29.5 Å². The summed E-state index contributed by atoms with van der Waals surface area (Å²) in [5.74, 6) is 1.17. The second-order valence-electron chi connectivity index (χ2n) is 5.93. The number of amidine groups is 1. The fourth-order valence-corrected chi connectivity index (χ4v) is 3.32. The van der Waals surface area contributed by atoms with Crippen molar-refractivity contribution in [3.8, 4) is 0 Å². The molecule has 5 heteroatoms. The highest BCUT2D eigenvalue weighted by Gasteiger charge is 2.31. The first-order chi connectivity index (χ1) is 8.89. The van der Waals surface area contributed by atoms with Crippen molar-refractivity contribution in [2.24, 2.45) is 15.8 Å². The van der Waals surface area contributed by atoms with Gasteiger partial charge in [0.15, 0.2) is 5.17 Å². The Kier molecular flexibility index (Phi) is 5.71. The van der Waals surface area contributed by atoms with Gasteiger partial charge in [-0.2, -0.15) is 0 Å². The molecule has 1 aliphatic rings. The standard InChI is InChI=1S/C14H27N3OS/c1-6-14(7-2)9-17-12(19-10-14)16-8-13(3,4)11(18)15-5/h6-10H2,1-5H3,(H,15,18)(H,16,17). The fraction of sp³-hybridized carbons (Fsp3) is 0.857. The SMILES string of the molecule is CCC1(CC)CN=C(NCC(C)(C)C(=O)NC)SC1. The molecule has 0 saturated carbocycles. The minimum atomic E-state index is -0.415. The molecule has 0 atom stereocenters. The van der Waals surface area contributed by atoms with Crippen LogP contribution in [0.25, 0.3) is 0 Å².